The Bertz CT molecular complexity index is 634. The smallest absolute Gasteiger partial charge is 0.307 e. The number of para-hydroxylation sites is 1. The molecule has 2 aromatic rings. The van der Waals surface area contributed by atoms with Crippen molar-refractivity contribution in [3.05, 3.63) is 59.2 Å². The lowest BCUT2D eigenvalue weighted by Gasteiger charge is -2.10. The summed E-state index contributed by atoms with van der Waals surface area (Å²) in [5, 5.41) is 12.3. The molecule has 0 radical (unpaired) electrons. The van der Waals surface area contributed by atoms with E-state index >= 15 is 0 Å². The predicted octanol–water partition coefficient (Wildman–Crippen LogP) is 3.16. The Hall–Kier alpha value is -2.29. The average molecular weight is 253 g/mol. The Morgan fingerprint density at radius 1 is 1.05 bits per heavy atom. The first-order valence-corrected chi connectivity index (χ1v) is 6.41. The largest absolute Gasteiger partial charge is 0.481 e. The summed E-state index contributed by atoms with van der Waals surface area (Å²) in [4.78, 5) is 10.8. The van der Waals surface area contributed by atoms with Crippen LogP contribution in [0.15, 0.2) is 42.5 Å². The van der Waals surface area contributed by atoms with Crippen LogP contribution in [-0.2, 0) is 24.1 Å². The van der Waals surface area contributed by atoms with Crippen molar-refractivity contribution in [3.8, 4) is 0 Å². The van der Waals surface area contributed by atoms with Gasteiger partial charge in [-0.2, -0.15) is 0 Å². The number of aliphatic carboxylic acids is 1. The average Bonchev–Trinajstić information content (AvgIpc) is 2.56. The normalized spacial score (nSPS) is 12.8. The van der Waals surface area contributed by atoms with E-state index in [9.17, 15) is 4.79 Å². The van der Waals surface area contributed by atoms with Crippen molar-refractivity contribution in [1.82, 2.24) is 0 Å². The molecule has 3 heteroatoms. The van der Waals surface area contributed by atoms with E-state index in [1.165, 1.54) is 11.1 Å². The van der Waals surface area contributed by atoms with Crippen LogP contribution in [0.3, 0.4) is 0 Å². The Labute approximate surface area is 111 Å². The van der Waals surface area contributed by atoms with Gasteiger partial charge in [-0.3, -0.25) is 4.79 Å². The summed E-state index contributed by atoms with van der Waals surface area (Å²) in [7, 11) is 0. The van der Waals surface area contributed by atoms with Crippen LogP contribution in [0.5, 0.6) is 0 Å². The van der Waals surface area contributed by atoms with Gasteiger partial charge in [-0.15, -0.1) is 0 Å². The van der Waals surface area contributed by atoms with Crippen LogP contribution in [0.4, 0.5) is 11.4 Å². The van der Waals surface area contributed by atoms with Gasteiger partial charge in [-0.1, -0.05) is 30.3 Å². The fraction of sp³-hybridized carbons (Fsp3) is 0.188. The molecule has 19 heavy (non-hydrogen) atoms. The highest BCUT2D eigenvalue weighted by Crippen LogP contribution is 2.30. The molecule has 2 aromatic carbocycles. The molecule has 0 amide bonds. The van der Waals surface area contributed by atoms with Crippen LogP contribution in [0.2, 0.25) is 0 Å². The van der Waals surface area contributed by atoms with E-state index in [4.69, 9.17) is 5.11 Å². The SMILES string of the molecule is O=C(O)Cc1ccc2c(c1)Nc1ccccc1CC2. The maximum atomic E-state index is 10.8. The summed E-state index contributed by atoms with van der Waals surface area (Å²) in [6.07, 6.45) is 2.05. The summed E-state index contributed by atoms with van der Waals surface area (Å²) < 4.78 is 0. The number of aryl methyl sites for hydroxylation is 2. The Kier molecular flexibility index (Phi) is 2.95. The summed E-state index contributed by atoms with van der Waals surface area (Å²) in [6, 6.07) is 14.1. The van der Waals surface area contributed by atoms with Gasteiger partial charge < -0.3 is 10.4 Å². The zero-order valence-electron chi connectivity index (χ0n) is 10.5. The third-order valence-corrected chi connectivity index (χ3v) is 3.48. The van der Waals surface area contributed by atoms with E-state index in [2.05, 4.69) is 17.4 Å². The maximum absolute atomic E-state index is 10.8. The Morgan fingerprint density at radius 2 is 1.79 bits per heavy atom. The lowest BCUT2D eigenvalue weighted by Crippen LogP contribution is -2.01. The monoisotopic (exact) mass is 253 g/mol. The summed E-state index contributed by atoms with van der Waals surface area (Å²) >= 11 is 0. The van der Waals surface area contributed by atoms with Crippen molar-refractivity contribution < 1.29 is 9.90 Å². The topological polar surface area (TPSA) is 49.3 Å². The maximum Gasteiger partial charge on any atom is 0.307 e. The van der Waals surface area contributed by atoms with Gasteiger partial charge in [0, 0.05) is 11.4 Å². The molecule has 1 heterocycles. The first-order chi connectivity index (χ1) is 9.22. The van der Waals surface area contributed by atoms with E-state index in [-0.39, 0.29) is 6.42 Å². The van der Waals surface area contributed by atoms with Crippen molar-refractivity contribution in [2.24, 2.45) is 0 Å². The third-order valence-electron chi connectivity index (χ3n) is 3.48. The van der Waals surface area contributed by atoms with E-state index in [1.807, 2.05) is 30.3 Å². The standard InChI is InChI=1S/C16H15NO2/c18-16(19)10-11-5-6-13-8-7-12-3-1-2-4-14(12)17-15(13)9-11/h1-6,9,17H,7-8,10H2,(H,18,19). The molecule has 0 saturated carbocycles. The minimum Gasteiger partial charge on any atom is -0.481 e. The lowest BCUT2D eigenvalue weighted by atomic mass is 10.0. The molecular weight excluding hydrogens is 238 g/mol. The highest BCUT2D eigenvalue weighted by Gasteiger charge is 2.13. The molecule has 1 aliphatic rings. The van der Waals surface area contributed by atoms with E-state index in [0.29, 0.717) is 0 Å². The number of carboxylic acids is 1. The minimum absolute atomic E-state index is 0.0661. The quantitative estimate of drug-likeness (QED) is 0.864. The number of benzene rings is 2. The zero-order valence-corrected chi connectivity index (χ0v) is 10.5. The molecule has 0 aromatic heterocycles. The highest BCUT2D eigenvalue weighted by atomic mass is 16.4. The van der Waals surface area contributed by atoms with Gasteiger partial charge in [0.05, 0.1) is 6.42 Å². The molecule has 3 rings (SSSR count). The molecule has 0 unspecified atom stereocenters. The lowest BCUT2D eigenvalue weighted by molar-refractivity contribution is -0.136. The number of anilines is 2. The number of rotatable bonds is 2. The van der Waals surface area contributed by atoms with Crippen LogP contribution in [0.1, 0.15) is 16.7 Å². The number of carboxylic acid groups (broad SMARTS) is 1. The van der Waals surface area contributed by atoms with Crippen molar-refractivity contribution in [3.63, 3.8) is 0 Å². The summed E-state index contributed by atoms with van der Waals surface area (Å²) in [6.45, 7) is 0. The first kappa shape index (κ1) is 11.8. The van der Waals surface area contributed by atoms with Crippen molar-refractivity contribution in [2.45, 2.75) is 19.3 Å². The molecule has 0 bridgehead atoms. The van der Waals surface area contributed by atoms with Crippen LogP contribution >= 0.6 is 0 Å². The van der Waals surface area contributed by atoms with Gasteiger partial charge in [-0.25, -0.2) is 0 Å². The van der Waals surface area contributed by atoms with E-state index in [1.54, 1.807) is 0 Å². The van der Waals surface area contributed by atoms with Crippen LogP contribution in [0.25, 0.3) is 0 Å². The molecule has 0 saturated heterocycles. The van der Waals surface area contributed by atoms with Gasteiger partial charge in [0.25, 0.3) is 0 Å². The third kappa shape index (κ3) is 2.45. The second-order valence-electron chi connectivity index (χ2n) is 4.84. The second-order valence-corrected chi connectivity index (χ2v) is 4.84. The molecule has 0 aliphatic carbocycles. The molecule has 0 fully saturated rings. The van der Waals surface area contributed by atoms with Crippen LogP contribution < -0.4 is 5.32 Å². The molecule has 1 aliphatic heterocycles. The number of carbonyl (C=O) groups is 1. The first-order valence-electron chi connectivity index (χ1n) is 6.41. The van der Waals surface area contributed by atoms with Gasteiger partial charge >= 0.3 is 5.97 Å². The second kappa shape index (κ2) is 4.76. The van der Waals surface area contributed by atoms with Gasteiger partial charge in [-0.05, 0) is 41.7 Å². The minimum atomic E-state index is -0.797. The molecular formula is C16H15NO2. The van der Waals surface area contributed by atoms with Gasteiger partial charge in [0.1, 0.15) is 0 Å². The fourth-order valence-corrected chi connectivity index (χ4v) is 2.52. The molecule has 0 spiro atoms. The van der Waals surface area contributed by atoms with Crippen LogP contribution in [-0.4, -0.2) is 11.1 Å². The highest BCUT2D eigenvalue weighted by molar-refractivity contribution is 5.73. The van der Waals surface area contributed by atoms with E-state index in [0.717, 1.165) is 29.8 Å². The van der Waals surface area contributed by atoms with Gasteiger partial charge in [0.2, 0.25) is 0 Å². The number of hydrogen-bond donors (Lipinski definition) is 2. The molecule has 3 nitrogen and oxygen atoms in total. The summed E-state index contributed by atoms with van der Waals surface area (Å²) in [5.74, 6) is -0.797. The number of nitrogens with one attached hydrogen (secondary N) is 1. The summed E-state index contributed by atoms with van der Waals surface area (Å²) in [5.41, 5.74) is 5.53. The van der Waals surface area contributed by atoms with Crippen molar-refractivity contribution >= 4 is 17.3 Å². The number of fused-ring (bicyclic) bond motifs is 2. The van der Waals surface area contributed by atoms with E-state index < -0.39 is 5.97 Å². The van der Waals surface area contributed by atoms with Gasteiger partial charge in [0.15, 0.2) is 0 Å². The van der Waals surface area contributed by atoms with Crippen molar-refractivity contribution in [2.75, 3.05) is 5.32 Å². The number of hydrogen-bond acceptors (Lipinski definition) is 2. The molecule has 0 atom stereocenters. The Morgan fingerprint density at radius 3 is 2.58 bits per heavy atom. The molecule has 96 valence electrons. The molecule has 2 N–H and O–H groups in total. The van der Waals surface area contributed by atoms with Crippen LogP contribution in [0, 0.1) is 0 Å². The zero-order chi connectivity index (χ0) is 13.2. The van der Waals surface area contributed by atoms with Crippen molar-refractivity contribution in [1.29, 1.82) is 0 Å². The Balaban J connectivity index is 1.97. The fourth-order valence-electron chi connectivity index (χ4n) is 2.52. The predicted molar refractivity (Wildman–Crippen MR) is 74.9 cm³/mol.